The van der Waals surface area contributed by atoms with Crippen LogP contribution in [-0.2, 0) is 4.74 Å². The Morgan fingerprint density at radius 2 is 2.13 bits per heavy atom. The standard InChI is InChI=1S/C11H17BrN2O/c1-15-10-4-2-9(3-5-10)14-7-6-13-11(12)8-14/h6-7,9-10H,2-5,8H2,1H3. The van der Waals surface area contributed by atoms with E-state index in [-0.39, 0.29) is 0 Å². The third-order valence-corrected chi connectivity index (χ3v) is 3.69. The zero-order chi connectivity index (χ0) is 10.7. The quantitative estimate of drug-likeness (QED) is 0.772. The van der Waals surface area contributed by atoms with Crippen LogP contribution in [0, 0.1) is 0 Å². The van der Waals surface area contributed by atoms with Crippen LogP contribution in [-0.4, -0.2) is 35.3 Å². The van der Waals surface area contributed by atoms with Crippen LogP contribution in [0.15, 0.2) is 17.4 Å². The number of aliphatic imine (C=N–C) groups is 1. The van der Waals surface area contributed by atoms with E-state index < -0.39 is 0 Å². The number of rotatable bonds is 2. The molecule has 1 heterocycles. The molecule has 0 amide bonds. The van der Waals surface area contributed by atoms with Gasteiger partial charge in [-0.2, -0.15) is 0 Å². The van der Waals surface area contributed by atoms with Gasteiger partial charge in [-0.25, -0.2) is 0 Å². The molecule has 0 saturated heterocycles. The molecule has 1 fully saturated rings. The summed E-state index contributed by atoms with van der Waals surface area (Å²) in [7, 11) is 1.81. The molecule has 0 N–H and O–H groups in total. The average Bonchev–Trinajstić information content (AvgIpc) is 2.29. The third kappa shape index (κ3) is 2.82. The highest BCUT2D eigenvalue weighted by Crippen LogP contribution is 2.26. The Morgan fingerprint density at radius 1 is 1.40 bits per heavy atom. The van der Waals surface area contributed by atoms with Crippen molar-refractivity contribution in [1.82, 2.24) is 4.90 Å². The van der Waals surface area contributed by atoms with Gasteiger partial charge < -0.3 is 9.64 Å². The average molecular weight is 273 g/mol. The minimum absolute atomic E-state index is 0.479. The monoisotopic (exact) mass is 272 g/mol. The fourth-order valence-electron chi connectivity index (χ4n) is 2.31. The fraction of sp³-hybridized carbons (Fsp3) is 0.727. The van der Waals surface area contributed by atoms with Gasteiger partial charge in [-0.1, -0.05) is 0 Å². The van der Waals surface area contributed by atoms with Crippen molar-refractivity contribution in [2.24, 2.45) is 4.99 Å². The highest BCUT2D eigenvalue weighted by molar-refractivity contribution is 9.18. The van der Waals surface area contributed by atoms with Crippen LogP contribution in [0.2, 0.25) is 0 Å². The van der Waals surface area contributed by atoms with E-state index in [1.54, 1.807) is 0 Å². The first-order chi connectivity index (χ1) is 7.29. The second-order valence-electron chi connectivity index (χ2n) is 4.14. The van der Waals surface area contributed by atoms with Crippen LogP contribution in [0.4, 0.5) is 0 Å². The molecule has 1 aliphatic carbocycles. The summed E-state index contributed by atoms with van der Waals surface area (Å²) in [6.45, 7) is 0.915. The molecule has 0 aromatic rings. The van der Waals surface area contributed by atoms with E-state index >= 15 is 0 Å². The summed E-state index contributed by atoms with van der Waals surface area (Å²) in [5, 5.41) is 0. The molecule has 0 unspecified atom stereocenters. The van der Waals surface area contributed by atoms with Crippen LogP contribution in [0.25, 0.3) is 0 Å². The van der Waals surface area contributed by atoms with Gasteiger partial charge in [-0.3, -0.25) is 4.99 Å². The van der Waals surface area contributed by atoms with Gasteiger partial charge in [0.05, 0.1) is 12.6 Å². The highest BCUT2D eigenvalue weighted by Gasteiger charge is 2.25. The number of hydrogen-bond acceptors (Lipinski definition) is 3. The first kappa shape index (κ1) is 11.1. The summed E-state index contributed by atoms with van der Waals surface area (Å²) < 4.78 is 6.41. The van der Waals surface area contributed by atoms with Gasteiger partial charge in [0.25, 0.3) is 0 Å². The molecule has 1 saturated carbocycles. The van der Waals surface area contributed by atoms with Gasteiger partial charge >= 0.3 is 0 Å². The maximum atomic E-state index is 5.38. The Labute approximate surface area is 99.3 Å². The van der Waals surface area contributed by atoms with E-state index in [9.17, 15) is 0 Å². The second-order valence-corrected chi connectivity index (χ2v) is 5.06. The Balaban J connectivity index is 1.86. The van der Waals surface area contributed by atoms with Gasteiger partial charge in [-0.15, -0.1) is 0 Å². The van der Waals surface area contributed by atoms with Crippen molar-refractivity contribution in [3.8, 4) is 0 Å². The molecule has 84 valence electrons. The molecule has 0 aromatic heterocycles. The number of halogens is 1. The number of methoxy groups -OCH3 is 1. The van der Waals surface area contributed by atoms with Crippen LogP contribution < -0.4 is 0 Å². The smallest absolute Gasteiger partial charge is 0.102 e. The van der Waals surface area contributed by atoms with Crippen molar-refractivity contribution in [2.45, 2.75) is 37.8 Å². The summed E-state index contributed by atoms with van der Waals surface area (Å²) in [5.41, 5.74) is 0. The summed E-state index contributed by atoms with van der Waals surface area (Å²) in [4.78, 5) is 6.57. The summed E-state index contributed by atoms with van der Waals surface area (Å²) >= 11 is 3.45. The van der Waals surface area contributed by atoms with Crippen molar-refractivity contribution >= 4 is 20.6 Å². The zero-order valence-corrected chi connectivity index (χ0v) is 10.6. The van der Waals surface area contributed by atoms with Gasteiger partial charge in [0.1, 0.15) is 4.62 Å². The first-order valence-electron chi connectivity index (χ1n) is 5.47. The Morgan fingerprint density at radius 3 is 2.73 bits per heavy atom. The van der Waals surface area contributed by atoms with Gasteiger partial charge in [0.2, 0.25) is 0 Å². The fourth-order valence-corrected chi connectivity index (χ4v) is 2.72. The summed E-state index contributed by atoms with van der Waals surface area (Å²) in [6.07, 6.45) is 9.26. The predicted molar refractivity (Wildman–Crippen MR) is 65.3 cm³/mol. The van der Waals surface area contributed by atoms with Crippen LogP contribution in [0.5, 0.6) is 0 Å². The maximum absolute atomic E-state index is 5.38. The number of nitrogens with zero attached hydrogens (tertiary/aromatic N) is 2. The van der Waals surface area contributed by atoms with E-state index in [1.165, 1.54) is 25.7 Å². The Bertz CT molecular complexity index is 270. The molecule has 2 aliphatic rings. The minimum Gasteiger partial charge on any atom is -0.381 e. The molecule has 4 heteroatoms. The molecule has 0 spiro atoms. The largest absolute Gasteiger partial charge is 0.381 e. The lowest BCUT2D eigenvalue weighted by Crippen LogP contribution is -2.38. The second kappa shape index (κ2) is 5.12. The normalized spacial score (nSPS) is 31.6. The van der Waals surface area contributed by atoms with Gasteiger partial charge in [0, 0.05) is 25.6 Å². The molecule has 0 atom stereocenters. The topological polar surface area (TPSA) is 24.8 Å². The molecule has 3 nitrogen and oxygen atoms in total. The maximum Gasteiger partial charge on any atom is 0.102 e. The van der Waals surface area contributed by atoms with E-state index in [0.717, 1.165) is 11.2 Å². The number of ether oxygens (including phenoxy) is 1. The molecule has 0 aromatic carbocycles. The van der Waals surface area contributed by atoms with E-state index in [4.69, 9.17) is 4.74 Å². The van der Waals surface area contributed by atoms with Crippen molar-refractivity contribution in [2.75, 3.05) is 13.7 Å². The highest BCUT2D eigenvalue weighted by atomic mass is 79.9. The van der Waals surface area contributed by atoms with Crippen LogP contribution in [0.1, 0.15) is 25.7 Å². The van der Waals surface area contributed by atoms with Crippen molar-refractivity contribution in [3.63, 3.8) is 0 Å². The first-order valence-corrected chi connectivity index (χ1v) is 6.26. The molecular weight excluding hydrogens is 256 g/mol. The lowest BCUT2D eigenvalue weighted by atomic mass is 9.92. The van der Waals surface area contributed by atoms with Gasteiger partial charge in [0.15, 0.2) is 0 Å². The molecular formula is C11H17BrN2O. The SMILES string of the molecule is COC1CCC(N2C=CN=C(Br)C2)CC1. The lowest BCUT2D eigenvalue weighted by molar-refractivity contribution is 0.0500. The summed E-state index contributed by atoms with van der Waals surface area (Å²) in [6, 6.07) is 0.663. The predicted octanol–water partition coefficient (Wildman–Crippen LogP) is 2.52. The van der Waals surface area contributed by atoms with Crippen LogP contribution >= 0.6 is 15.9 Å². The van der Waals surface area contributed by atoms with E-state index in [0.29, 0.717) is 12.1 Å². The number of hydrogen-bond donors (Lipinski definition) is 0. The van der Waals surface area contributed by atoms with E-state index in [2.05, 4.69) is 32.0 Å². The van der Waals surface area contributed by atoms with Crippen LogP contribution in [0.3, 0.4) is 0 Å². The molecule has 2 rings (SSSR count). The molecule has 0 bridgehead atoms. The Kier molecular flexibility index (Phi) is 3.81. The van der Waals surface area contributed by atoms with Gasteiger partial charge in [-0.05, 0) is 41.6 Å². The molecule has 15 heavy (non-hydrogen) atoms. The summed E-state index contributed by atoms with van der Waals surface area (Å²) in [5.74, 6) is 0. The van der Waals surface area contributed by atoms with Crippen molar-refractivity contribution in [3.05, 3.63) is 12.4 Å². The zero-order valence-electron chi connectivity index (χ0n) is 9.03. The van der Waals surface area contributed by atoms with Crippen molar-refractivity contribution < 1.29 is 4.74 Å². The minimum atomic E-state index is 0.479. The van der Waals surface area contributed by atoms with Crippen molar-refractivity contribution in [1.29, 1.82) is 0 Å². The lowest BCUT2D eigenvalue weighted by Gasteiger charge is -2.36. The van der Waals surface area contributed by atoms with E-state index in [1.807, 2.05) is 13.3 Å². The third-order valence-electron chi connectivity index (χ3n) is 3.23. The Hall–Kier alpha value is -0.350. The molecule has 1 aliphatic heterocycles. The molecule has 0 radical (unpaired) electrons.